The molecule has 5 heteroatoms. The van der Waals surface area contributed by atoms with Gasteiger partial charge in [-0.05, 0) is 57.0 Å². The van der Waals surface area contributed by atoms with Crippen molar-refractivity contribution in [2.24, 2.45) is 22.6 Å². The zero-order valence-electron chi connectivity index (χ0n) is 14.1. The molecule has 1 atom stereocenters. The fourth-order valence-electron chi connectivity index (χ4n) is 2.68. The molecule has 0 amide bonds. The molecule has 0 aromatic rings. The minimum absolute atomic E-state index is 0. The maximum atomic E-state index is 5.83. The second kappa shape index (κ2) is 12.5. The maximum absolute atomic E-state index is 5.83. The van der Waals surface area contributed by atoms with Crippen molar-refractivity contribution >= 4 is 29.9 Å². The Morgan fingerprint density at radius 3 is 2.81 bits per heavy atom. The van der Waals surface area contributed by atoms with E-state index in [1.807, 2.05) is 0 Å². The lowest BCUT2D eigenvalue weighted by Crippen LogP contribution is -2.35. The number of nitrogens with one attached hydrogen (secondary N) is 1. The number of aliphatic imine (C=N–C) groups is 1. The molecular formula is C16H35IN4. The number of nitrogens with two attached hydrogens (primary N) is 1. The van der Waals surface area contributed by atoms with E-state index in [4.69, 9.17) is 5.73 Å². The summed E-state index contributed by atoms with van der Waals surface area (Å²) in [6, 6.07) is 0. The first-order valence-electron chi connectivity index (χ1n) is 8.34. The van der Waals surface area contributed by atoms with Gasteiger partial charge in [0.25, 0.3) is 0 Å². The first kappa shape index (κ1) is 21.0. The van der Waals surface area contributed by atoms with Crippen molar-refractivity contribution in [3.05, 3.63) is 0 Å². The molecule has 1 fully saturated rings. The second-order valence-corrected chi connectivity index (χ2v) is 6.63. The molecule has 0 aromatic heterocycles. The first-order chi connectivity index (χ1) is 9.58. The molecule has 1 aliphatic rings. The fourth-order valence-corrected chi connectivity index (χ4v) is 2.68. The number of rotatable bonds is 8. The van der Waals surface area contributed by atoms with Gasteiger partial charge in [0, 0.05) is 19.6 Å². The van der Waals surface area contributed by atoms with Crippen molar-refractivity contribution in [2.45, 2.75) is 52.9 Å². The third-order valence-corrected chi connectivity index (χ3v) is 3.93. The molecule has 0 saturated carbocycles. The van der Waals surface area contributed by atoms with Gasteiger partial charge in [-0.3, -0.25) is 4.99 Å². The largest absolute Gasteiger partial charge is 0.370 e. The van der Waals surface area contributed by atoms with E-state index in [9.17, 15) is 0 Å². The number of nitrogens with zero attached hydrogens (tertiary/aromatic N) is 2. The van der Waals surface area contributed by atoms with E-state index in [2.05, 4.69) is 36.0 Å². The summed E-state index contributed by atoms with van der Waals surface area (Å²) < 4.78 is 0. The SMILES string of the molecule is CC(C)CCNC(N)=NCCCCN1CCCC(C)C1.I. The normalized spacial score (nSPS) is 20.4. The Balaban J connectivity index is 0.00000400. The molecule has 1 aliphatic heterocycles. The van der Waals surface area contributed by atoms with Gasteiger partial charge >= 0.3 is 0 Å². The fraction of sp³-hybridized carbons (Fsp3) is 0.938. The van der Waals surface area contributed by atoms with Gasteiger partial charge < -0.3 is 16.0 Å². The minimum atomic E-state index is 0. The van der Waals surface area contributed by atoms with Gasteiger partial charge in [-0.2, -0.15) is 0 Å². The Kier molecular flexibility index (Phi) is 12.5. The maximum Gasteiger partial charge on any atom is 0.188 e. The molecule has 0 radical (unpaired) electrons. The number of unbranched alkanes of at least 4 members (excludes halogenated alkanes) is 1. The predicted octanol–water partition coefficient (Wildman–Crippen LogP) is 3.07. The summed E-state index contributed by atoms with van der Waals surface area (Å²) in [6.45, 7) is 12.4. The molecule has 4 nitrogen and oxygen atoms in total. The van der Waals surface area contributed by atoms with Gasteiger partial charge in [0.05, 0.1) is 0 Å². The van der Waals surface area contributed by atoms with Crippen molar-refractivity contribution in [3.63, 3.8) is 0 Å². The van der Waals surface area contributed by atoms with Crippen molar-refractivity contribution in [2.75, 3.05) is 32.7 Å². The molecule has 1 heterocycles. The van der Waals surface area contributed by atoms with E-state index < -0.39 is 0 Å². The van der Waals surface area contributed by atoms with Gasteiger partial charge in [-0.15, -0.1) is 24.0 Å². The summed E-state index contributed by atoms with van der Waals surface area (Å²) in [5.74, 6) is 2.20. The molecule has 0 aliphatic carbocycles. The van der Waals surface area contributed by atoms with Gasteiger partial charge in [-0.25, -0.2) is 0 Å². The van der Waals surface area contributed by atoms with E-state index in [0.717, 1.165) is 31.8 Å². The van der Waals surface area contributed by atoms with Crippen LogP contribution in [0.3, 0.4) is 0 Å². The van der Waals surface area contributed by atoms with E-state index >= 15 is 0 Å². The molecule has 1 saturated heterocycles. The van der Waals surface area contributed by atoms with Crippen LogP contribution >= 0.6 is 24.0 Å². The van der Waals surface area contributed by atoms with Gasteiger partial charge in [-0.1, -0.05) is 20.8 Å². The average Bonchev–Trinajstić information content (AvgIpc) is 2.38. The standard InChI is InChI=1S/C16H34N4.HI/c1-14(2)8-10-19-16(17)18-9-4-5-11-20-12-6-7-15(3)13-20;/h14-15H,4-13H2,1-3H3,(H3,17,18,19);1H. The van der Waals surface area contributed by atoms with Crippen LogP contribution in [0.25, 0.3) is 0 Å². The first-order valence-corrected chi connectivity index (χ1v) is 8.34. The number of hydrogen-bond donors (Lipinski definition) is 2. The highest BCUT2D eigenvalue weighted by molar-refractivity contribution is 14.0. The Hall–Kier alpha value is -0.0400. The molecule has 0 spiro atoms. The van der Waals surface area contributed by atoms with Crippen molar-refractivity contribution in [3.8, 4) is 0 Å². The van der Waals surface area contributed by atoms with Crippen LogP contribution in [-0.4, -0.2) is 43.6 Å². The summed E-state index contributed by atoms with van der Waals surface area (Å²) >= 11 is 0. The Labute approximate surface area is 148 Å². The van der Waals surface area contributed by atoms with E-state index in [-0.39, 0.29) is 24.0 Å². The van der Waals surface area contributed by atoms with Gasteiger partial charge in [0.1, 0.15) is 0 Å². The van der Waals surface area contributed by atoms with E-state index in [0.29, 0.717) is 11.9 Å². The molecule has 1 unspecified atom stereocenters. The lowest BCUT2D eigenvalue weighted by molar-refractivity contribution is 0.181. The molecule has 126 valence electrons. The van der Waals surface area contributed by atoms with Crippen LogP contribution in [0.15, 0.2) is 4.99 Å². The van der Waals surface area contributed by atoms with Crippen LogP contribution in [0.1, 0.15) is 52.9 Å². The Morgan fingerprint density at radius 1 is 1.38 bits per heavy atom. The van der Waals surface area contributed by atoms with Crippen molar-refractivity contribution in [1.82, 2.24) is 10.2 Å². The van der Waals surface area contributed by atoms with E-state index in [1.165, 1.54) is 38.9 Å². The topological polar surface area (TPSA) is 53.6 Å². The number of halogens is 1. The van der Waals surface area contributed by atoms with Crippen LogP contribution in [0, 0.1) is 11.8 Å². The van der Waals surface area contributed by atoms with Crippen LogP contribution in [0.2, 0.25) is 0 Å². The van der Waals surface area contributed by atoms with Crippen molar-refractivity contribution in [1.29, 1.82) is 0 Å². The number of piperidine rings is 1. The molecule has 21 heavy (non-hydrogen) atoms. The van der Waals surface area contributed by atoms with Gasteiger partial charge in [0.15, 0.2) is 5.96 Å². The summed E-state index contributed by atoms with van der Waals surface area (Å²) in [6.07, 6.45) is 6.28. The monoisotopic (exact) mass is 410 g/mol. The zero-order chi connectivity index (χ0) is 14.8. The van der Waals surface area contributed by atoms with E-state index in [1.54, 1.807) is 0 Å². The third-order valence-electron chi connectivity index (χ3n) is 3.93. The van der Waals surface area contributed by atoms with Crippen molar-refractivity contribution < 1.29 is 0 Å². The van der Waals surface area contributed by atoms with Crippen LogP contribution in [0.5, 0.6) is 0 Å². The lowest BCUT2D eigenvalue weighted by Gasteiger charge is -2.30. The molecule has 0 aromatic carbocycles. The quantitative estimate of drug-likeness (QED) is 0.280. The average molecular weight is 410 g/mol. The molecule has 3 N–H and O–H groups in total. The molecular weight excluding hydrogens is 375 g/mol. The smallest absolute Gasteiger partial charge is 0.188 e. The highest BCUT2D eigenvalue weighted by Gasteiger charge is 2.14. The minimum Gasteiger partial charge on any atom is -0.370 e. The van der Waals surface area contributed by atoms with Gasteiger partial charge in [0.2, 0.25) is 0 Å². The summed E-state index contributed by atoms with van der Waals surface area (Å²) in [4.78, 5) is 6.98. The summed E-state index contributed by atoms with van der Waals surface area (Å²) in [5.41, 5.74) is 5.83. The summed E-state index contributed by atoms with van der Waals surface area (Å²) in [5, 5.41) is 3.18. The third kappa shape index (κ3) is 11.2. The highest BCUT2D eigenvalue weighted by Crippen LogP contribution is 2.15. The highest BCUT2D eigenvalue weighted by atomic mass is 127. The second-order valence-electron chi connectivity index (χ2n) is 6.63. The van der Waals surface area contributed by atoms with Crippen LogP contribution in [0.4, 0.5) is 0 Å². The lowest BCUT2D eigenvalue weighted by atomic mass is 10.0. The number of guanidine groups is 1. The zero-order valence-corrected chi connectivity index (χ0v) is 16.4. The molecule has 1 rings (SSSR count). The van der Waals surface area contributed by atoms with Crippen LogP contribution in [-0.2, 0) is 0 Å². The van der Waals surface area contributed by atoms with Crippen LogP contribution < -0.4 is 11.1 Å². The summed E-state index contributed by atoms with van der Waals surface area (Å²) in [7, 11) is 0. The Morgan fingerprint density at radius 2 is 2.14 bits per heavy atom. The molecule has 0 bridgehead atoms. The number of likely N-dealkylation sites (tertiary alicyclic amines) is 1. The number of hydrogen-bond acceptors (Lipinski definition) is 2. The predicted molar refractivity (Wildman–Crippen MR) is 103 cm³/mol. The Bertz CT molecular complexity index is 281.